The molecule has 150 valence electrons. The van der Waals surface area contributed by atoms with Crippen molar-refractivity contribution in [2.45, 2.75) is 25.4 Å². The third kappa shape index (κ3) is 3.22. The standard InChI is InChI=1S/C20H27FN6O/c1-13(28)27-8-7-19-16(12-27)20(26(4)25(19)3)23-18-6-5-14(9-17(18)21)15-10-22-24(2)11-15/h5-6,9-10,15,20,23H,7-8,11-12H2,1-4H3. The van der Waals surface area contributed by atoms with Crippen LogP contribution in [0.25, 0.3) is 0 Å². The van der Waals surface area contributed by atoms with Crippen LogP contribution in [0.1, 0.15) is 24.8 Å². The molecule has 0 aliphatic carbocycles. The van der Waals surface area contributed by atoms with Gasteiger partial charge in [0.15, 0.2) is 0 Å². The Morgan fingerprint density at radius 3 is 2.71 bits per heavy atom. The molecule has 0 bridgehead atoms. The number of carbonyl (C=O) groups excluding carboxylic acids is 1. The lowest BCUT2D eigenvalue weighted by molar-refractivity contribution is -0.128. The van der Waals surface area contributed by atoms with E-state index in [4.69, 9.17) is 0 Å². The largest absolute Gasteiger partial charge is 0.362 e. The number of hydrogen-bond donors (Lipinski definition) is 1. The number of carbonyl (C=O) groups is 1. The summed E-state index contributed by atoms with van der Waals surface area (Å²) in [5.74, 6) is -0.0864. The fourth-order valence-electron chi connectivity index (χ4n) is 4.22. The highest BCUT2D eigenvalue weighted by Gasteiger charge is 2.38. The molecule has 0 fully saturated rings. The molecular formula is C20H27FN6O. The Morgan fingerprint density at radius 2 is 2.07 bits per heavy atom. The van der Waals surface area contributed by atoms with E-state index in [0.717, 1.165) is 30.6 Å². The van der Waals surface area contributed by atoms with Gasteiger partial charge in [-0.15, -0.1) is 0 Å². The van der Waals surface area contributed by atoms with E-state index >= 15 is 0 Å². The summed E-state index contributed by atoms with van der Waals surface area (Å²) in [4.78, 5) is 13.7. The van der Waals surface area contributed by atoms with Crippen LogP contribution in [0.2, 0.25) is 0 Å². The number of nitrogens with one attached hydrogen (secondary N) is 1. The zero-order chi connectivity index (χ0) is 20.0. The predicted octanol–water partition coefficient (Wildman–Crippen LogP) is 1.88. The SMILES string of the molecule is CC(=O)N1CCC2=C(C1)C(Nc1ccc(C3C=NN(C)C3)cc1F)N(C)N2C. The van der Waals surface area contributed by atoms with Gasteiger partial charge in [0, 0.05) is 77.5 Å². The number of halogens is 1. The van der Waals surface area contributed by atoms with Crippen LogP contribution in [0.5, 0.6) is 0 Å². The topological polar surface area (TPSA) is 54.4 Å². The average molecular weight is 386 g/mol. The molecule has 7 nitrogen and oxygen atoms in total. The van der Waals surface area contributed by atoms with Crippen LogP contribution in [-0.2, 0) is 4.79 Å². The minimum atomic E-state index is -0.273. The molecule has 1 amide bonds. The minimum Gasteiger partial charge on any atom is -0.362 e. The molecule has 1 N–H and O–H groups in total. The number of hydrogen-bond acceptors (Lipinski definition) is 6. The van der Waals surface area contributed by atoms with Crippen molar-refractivity contribution in [2.24, 2.45) is 5.10 Å². The van der Waals surface area contributed by atoms with Crippen molar-refractivity contribution >= 4 is 17.8 Å². The van der Waals surface area contributed by atoms with Crippen LogP contribution in [0.4, 0.5) is 10.1 Å². The van der Waals surface area contributed by atoms with Gasteiger partial charge in [-0.1, -0.05) is 6.07 Å². The van der Waals surface area contributed by atoms with Crippen LogP contribution >= 0.6 is 0 Å². The second-order valence-corrected chi connectivity index (χ2v) is 7.76. The second-order valence-electron chi connectivity index (χ2n) is 7.76. The van der Waals surface area contributed by atoms with E-state index in [1.807, 2.05) is 43.3 Å². The molecule has 0 saturated heterocycles. The lowest BCUT2D eigenvalue weighted by Crippen LogP contribution is -2.43. The van der Waals surface area contributed by atoms with E-state index < -0.39 is 0 Å². The van der Waals surface area contributed by atoms with E-state index in [0.29, 0.717) is 12.2 Å². The summed E-state index contributed by atoms with van der Waals surface area (Å²) in [6.45, 7) is 3.65. The van der Waals surface area contributed by atoms with Gasteiger partial charge < -0.3 is 15.2 Å². The normalized spacial score (nSPS) is 25.0. The first kappa shape index (κ1) is 18.7. The molecule has 2 atom stereocenters. The number of amides is 1. The summed E-state index contributed by atoms with van der Waals surface area (Å²) in [5.41, 5.74) is 3.72. The first-order chi connectivity index (χ1) is 13.3. The number of nitrogens with zero attached hydrogens (tertiary/aromatic N) is 5. The molecule has 1 aromatic carbocycles. The third-order valence-corrected chi connectivity index (χ3v) is 5.98. The summed E-state index contributed by atoms with van der Waals surface area (Å²) in [6, 6.07) is 5.35. The Bertz CT molecular complexity index is 853. The summed E-state index contributed by atoms with van der Waals surface area (Å²) in [7, 11) is 5.90. The lowest BCUT2D eigenvalue weighted by Gasteiger charge is -2.30. The Labute approximate surface area is 165 Å². The van der Waals surface area contributed by atoms with E-state index in [1.54, 1.807) is 19.1 Å². The molecule has 0 radical (unpaired) electrons. The van der Waals surface area contributed by atoms with Crippen molar-refractivity contribution in [1.29, 1.82) is 0 Å². The number of benzene rings is 1. The lowest BCUT2D eigenvalue weighted by atomic mass is 10.00. The van der Waals surface area contributed by atoms with Crippen molar-refractivity contribution in [3.05, 3.63) is 40.8 Å². The molecule has 3 aliphatic heterocycles. The Morgan fingerprint density at radius 1 is 1.29 bits per heavy atom. The quantitative estimate of drug-likeness (QED) is 0.860. The molecule has 8 heteroatoms. The molecule has 3 heterocycles. The molecule has 4 rings (SSSR count). The summed E-state index contributed by atoms with van der Waals surface area (Å²) >= 11 is 0. The van der Waals surface area contributed by atoms with Crippen LogP contribution < -0.4 is 5.32 Å². The second kappa shape index (κ2) is 7.09. The number of anilines is 1. The first-order valence-corrected chi connectivity index (χ1v) is 9.60. The molecular weight excluding hydrogens is 359 g/mol. The van der Waals surface area contributed by atoms with E-state index in [-0.39, 0.29) is 23.8 Å². The van der Waals surface area contributed by atoms with Gasteiger partial charge in [-0.2, -0.15) is 10.1 Å². The average Bonchev–Trinajstić information content (AvgIpc) is 3.20. The van der Waals surface area contributed by atoms with Gasteiger partial charge in [0.05, 0.1) is 5.69 Å². The van der Waals surface area contributed by atoms with Crippen molar-refractivity contribution in [2.75, 3.05) is 46.1 Å². The zero-order valence-electron chi connectivity index (χ0n) is 16.8. The highest BCUT2D eigenvalue weighted by Crippen LogP contribution is 2.34. The van der Waals surface area contributed by atoms with Crippen LogP contribution in [-0.4, -0.2) is 79.0 Å². The zero-order valence-corrected chi connectivity index (χ0v) is 16.8. The van der Waals surface area contributed by atoms with E-state index in [9.17, 15) is 9.18 Å². The van der Waals surface area contributed by atoms with Gasteiger partial charge in [-0.25, -0.2) is 4.39 Å². The third-order valence-electron chi connectivity index (χ3n) is 5.98. The van der Waals surface area contributed by atoms with Crippen molar-refractivity contribution < 1.29 is 9.18 Å². The van der Waals surface area contributed by atoms with Crippen molar-refractivity contribution in [1.82, 2.24) is 19.9 Å². The van der Waals surface area contributed by atoms with Gasteiger partial charge in [0.2, 0.25) is 5.91 Å². The highest BCUT2D eigenvalue weighted by atomic mass is 19.1. The maximum Gasteiger partial charge on any atom is 0.219 e. The molecule has 3 aliphatic rings. The van der Waals surface area contributed by atoms with Crippen molar-refractivity contribution in [3.63, 3.8) is 0 Å². The van der Waals surface area contributed by atoms with Gasteiger partial charge in [0.1, 0.15) is 12.0 Å². The Kier molecular flexibility index (Phi) is 4.74. The van der Waals surface area contributed by atoms with Gasteiger partial charge >= 0.3 is 0 Å². The molecule has 1 aromatic rings. The first-order valence-electron chi connectivity index (χ1n) is 9.60. The number of hydrazine groups is 1. The van der Waals surface area contributed by atoms with Crippen LogP contribution in [0, 0.1) is 5.82 Å². The van der Waals surface area contributed by atoms with Gasteiger partial charge in [-0.05, 0) is 17.7 Å². The fourth-order valence-corrected chi connectivity index (χ4v) is 4.22. The van der Waals surface area contributed by atoms with Gasteiger partial charge in [0.25, 0.3) is 0 Å². The molecule has 28 heavy (non-hydrogen) atoms. The molecule has 0 aromatic heterocycles. The summed E-state index contributed by atoms with van der Waals surface area (Å²) in [6.07, 6.45) is 2.49. The van der Waals surface area contributed by atoms with E-state index in [2.05, 4.69) is 20.4 Å². The smallest absolute Gasteiger partial charge is 0.219 e. The number of rotatable bonds is 3. The maximum absolute atomic E-state index is 14.9. The fraction of sp³-hybridized carbons (Fsp3) is 0.500. The highest BCUT2D eigenvalue weighted by molar-refractivity contribution is 5.74. The van der Waals surface area contributed by atoms with Crippen LogP contribution in [0.3, 0.4) is 0 Å². The number of hydrazone groups is 1. The Hall–Kier alpha value is -2.61. The molecule has 0 saturated carbocycles. The van der Waals surface area contributed by atoms with E-state index in [1.165, 1.54) is 5.70 Å². The van der Waals surface area contributed by atoms with Crippen molar-refractivity contribution in [3.8, 4) is 0 Å². The Balaban J connectivity index is 1.55. The summed E-state index contributed by atoms with van der Waals surface area (Å²) in [5, 5.41) is 13.6. The maximum atomic E-state index is 14.9. The molecule has 2 unspecified atom stereocenters. The summed E-state index contributed by atoms with van der Waals surface area (Å²) < 4.78 is 14.9. The minimum absolute atomic E-state index is 0.0706. The monoisotopic (exact) mass is 386 g/mol. The predicted molar refractivity (Wildman–Crippen MR) is 107 cm³/mol. The molecule has 0 spiro atoms. The number of likely N-dealkylation sites (N-methyl/N-ethyl adjacent to an activating group) is 2. The van der Waals surface area contributed by atoms with Crippen LogP contribution in [0.15, 0.2) is 34.6 Å². The van der Waals surface area contributed by atoms with Gasteiger partial charge in [-0.3, -0.25) is 9.80 Å².